The molecule has 6 rings (SSSR count). The highest BCUT2D eigenvalue weighted by Gasteiger charge is 2.39. The molecule has 2 aliphatic rings. The second-order valence-electron chi connectivity index (χ2n) is 9.82. The van der Waals surface area contributed by atoms with Crippen molar-refractivity contribution in [2.24, 2.45) is 7.05 Å². The number of hydrogen-bond donors (Lipinski definition) is 0. The zero-order chi connectivity index (χ0) is 27.1. The molecule has 2 atom stereocenters. The average molecular weight is 527 g/mol. The topological polar surface area (TPSA) is 124 Å². The van der Waals surface area contributed by atoms with Gasteiger partial charge in [-0.2, -0.15) is 10.4 Å². The fourth-order valence-corrected chi connectivity index (χ4v) is 5.12. The number of carbonyl (C=O) groups is 1. The van der Waals surface area contributed by atoms with Crippen LogP contribution in [0.1, 0.15) is 29.8 Å². The van der Waals surface area contributed by atoms with E-state index in [9.17, 15) is 9.59 Å². The molecule has 1 amide bonds. The van der Waals surface area contributed by atoms with E-state index in [1.807, 2.05) is 12.1 Å². The molecule has 11 heteroatoms. The van der Waals surface area contributed by atoms with Gasteiger partial charge in [0.15, 0.2) is 11.5 Å². The molecule has 0 saturated carbocycles. The molecule has 0 radical (unpaired) electrons. The Hall–Kier alpha value is -4.85. The maximum absolute atomic E-state index is 13.8. The number of nitriles is 1. The number of cyclic esters (lactones) is 1. The first kappa shape index (κ1) is 24.5. The van der Waals surface area contributed by atoms with Crippen LogP contribution in [0.4, 0.5) is 4.79 Å². The third-order valence-electron chi connectivity index (χ3n) is 7.13. The fourth-order valence-electron chi connectivity index (χ4n) is 5.12. The normalized spacial score (nSPS) is 18.5. The molecule has 2 aromatic heterocycles. The van der Waals surface area contributed by atoms with Gasteiger partial charge in [-0.3, -0.25) is 14.0 Å². The molecule has 0 unspecified atom stereocenters. The molecule has 0 N–H and O–H groups in total. The van der Waals surface area contributed by atoms with Crippen LogP contribution in [0.3, 0.4) is 0 Å². The maximum Gasteiger partial charge on any atom is 0.410 e. The van der Waals surface area contributed by atoms with Crippen LogP contribution in [-0.2, 0) is 18.3 Å². The highest BCUT2D eigenvalue weighted by Crippen LogP contribution is 2.34. The lowest BCUT2D eigenvalue weighted by Gasteiger charge is -2.32. The Balaban J connectivity index is 1.38. The summed E-state index contributed by atoms with van der Waals surface area (Å²) in [5.41, 5.74) is 1.62. The molecular weight excluding hydrogens is 500 g/mol. The molecule has 0 spiro atoms. The predicted octanol–water partition coefficient (Wildman–Crippen LogP) is 3.51. The molecule has 198 valence electrons. The molecule has 2 aromatic carbocycles. The number of ether oxygens (including phenoxy) is 3. The van der Waals surface area contributed by atoms with Crippen molar-refractivity contribution in [1.29, 1.82) is 5.26 Å². The molecule has 0 aliphatic carbocycles. The monoisotopic (exact) mass is 526 g/mol. The van der Waals surface area contributed by atoms with Gasteiger partial charge < -0.3 is 19.1 Å². The number of carbonyl (C=O) groups excluding carboxylic acids is 1. The molecule has 2 fully saturated rings. The quantitative estimate of drug-likeness (QED) is 0.374. The largest absolute Gasteiger partial charge is 0.490 e. The van der Waals surface area contributed by atoms with Crippen LogP contribution in [0.5, 0.6) is 17.2 Å². The van der Waals surface area contributed by atoms with Gasteiger partial charge in [-0.05, 0) is 30.7 Å². The highest BCUT2D eigenvalue weighted by molar-refractivity contribution is 5.86. The van der Waals surface area contributed by atoms with E-state index in [1.54, 1.807) is 64.8 Å². The number of aromatic nitrogens is 4. The van der Waals surface area contributed by atoms with E-state index in [-0.39, 0.29) is 23.8 Å². The van der Waals surface area contributed by atoms with Gasteiger partial charge in [0.2, 0.25) is 0 Å². The smallest absolute Gasteiger partial charge is 0.410 e. The summed E-state index contributed by atoms with van der Waals surface area (Å²) >= 11 is 0. The average Bonchev–Trinajstić information content (AvgIpc) is 3.52. The van der Waals surface area contributed by atoms with Crippen LogP contribution < -0.4 is 15.0 Å². The first-order chi connectivity index (χ1) is 18.9. The Kier molecular flexibility index (Phi) is 6.15. The molecule has 2 saturated heterocycles. The third kappa shape index (κ3) is 4.77. The summed E-state index contributed by atoms with van der Waals surface area (Å²) in [6.45, 7) is 2.99. The van der Waals surface area contributed by atoms with Gasteiger partial charge in [-0.15, -0.1) is 0 Å². The first-order valence-corrected chi connectivity index (χ1v) is 12.7. The number of piperidine rings is 1. The predicted molar refractivity (Wildman–Crippen MR) is 140 cm³/mol. The zero-order valence-electron chi connectivity index (χ0n) is 21.5. The minimum atomic E-state index is -0.277. The van der Waals surface area contributed by atoms with Crippen LogP contribution in [0.15, 0.2) is 53.6 Å². The van der Waals surface area contributed by atoms with Crippen molar-refractivity contribution in [3.63, 3.8) is 0 Å². The lowest BCUT2D eigenvalue weighted by molar-refractivity contribution is 0.0936. The Morgan fingerprint density at radius 2 is 2.00 bits per heavy atom. The van der Waals surface area contributed by atoms with E-state index < -0.39 is 0 Å². The third-order valence-corrected chi connectivity index (χ3v) is 7.13. The molecule has 39 heavy (non-hydrogen) atoms. The van der Waals surface area contributed by atoms with Crippen molar-refractivity contribution in [3.05, 3.63) is 76.1 Å². The lowest BCUT2D eigenvalue weighted by atomic mass is 10.0. The van der Waals surface area contributed by atoms with Gasteiger partial charge >= 0.3 is 6.09 Å². The Bertz CT molecular complexity index is 1670. The van der Waals surface area contributed by atoms with Crippen LogP contribution in [0.2, 0.25) is 0 Å². The summed E-state index contributed by atoms with van der Waals surface area (Å²) in [6, 6.07) is 12.6. The van der Waals surface area contributed by atoms with Crippen molar-refractivity contribution in [2.45, 2.75) is 38.5 Å². The van der Waals surface area contributed by atoms with Gasteiger partial charge in [0.05, 0.1) is 42.0 Å². The second kappa shape index (κ2) is 9.79. The van der Waals surface area contributed by atoms with Crippen LogP contribution in [0.25, 0.3) is 10.9 Å². The Morgan fingerprint density at radius 1 is 1.18 bits per heavy atom. The molecular formula is C28H26N6O5. The van der Waals surface area contributed by atoms with E-state index in [2.05, 4.69) is 11.2 Å². The Morgan fingerprint density at radius 3 is 2.74 bits per heavy atom. The van der Waals surface area contributed by atoms with Crippen LogP contribution in [0, 0.1) is 18.3 Å². The number of rotatable bonds is 6. The molecule has 11 nitrogen and oxygen atoms in total. The zero-order valence-corrected chi connectivity index (χ0v) is 21.5. The van der Waals surface area contributed by atoms with Gasteiger partial charge in [-0.1, -0.05) is 12.1 Å². The summed E-state index contributed by atoms with van der Waals surface area (Å²) in [5, 5.41) is 13.6. The van der Waals surface area contributed by atoms with Crippen molar-refractivity contribution in [3.8, 4) is 23.3 Å². The summed E-state index contributed by atoms with van der Waals surface area (Å²) in [5.74, 6) is 1.91. The van der Waals surface area contributed by atoms with E-state index >= 15 is 0 Å². The molecule has 0 bridgehead atoms. The van der Waals surface area contributed by atoms with E-state index in [0.29, 0.717) is 72.1 Å². The molecule has 4 heterocycles. The standard InChI is InChI=1S/C28H26N6O5/c1-17-31-26-24(27(35)34(17)14-19-5-3-18(12-29)4-6-19)10-22(11-25(26)39-23-13-30-32(2)15-23)38-21-7-8-33-20(9-21)16-37-28(33)36/h3-6,10-11,13,15,20-21H,7-9,14,16H2,1-2H3/t20-,21-/m0/s1. The van der Waals surface area contributed by atoms with Gasteiger partial charge in [-0.25, -0.2) is 9.78 Å². The van der Waals surface area contributed by atoms with Crippen molar-refractivity contribution in [2.75, 3.05) is 13.2 Å². The van der Waals surface area contributed by atoms with Crippen molar-refractivity contribution in [1.82, 2.24) is 24.2 Å². The van der Waals surface area contributed by atoms with Crippen molar-refractivity contribution < 1.29 is 19.0 Å². The SMILES string of the molecule is Cc1nc2c(Oc3cnn(C)c3)cc(O[C@H]3CCN4C(=O)OC[C@@H]4C3)cc2c(=O)n1Cc1ccc(C#N)cc1. The molecule has 4 aromatic rings. The number of nitrogens with zero attached hydrogens (tertiary/aromatic N) is 6. The van der Waals surface area contributed by atoms with Crippen LogP contribution in [-0.4, -0.2) is 55.6 Å². The van der Waals surface area contributed by atoms with Gasteiger partial charge in [0.1, 0.15) is 29.8 Å². The second-order valence-corrected chi connectivity index (χ2v) is 9.82. The number of aryl methyl sites for hydroxylation is 2. The molecule has 2 aliphatic heterocycles. The summed E-state index contributed by atoms with van der Waals surface area (Å²) in [7, 11) is 1.79. The number of benzene rings is 2. The summed E-state index contributed by atoms with van der Waals surface area (Å²) in [4.78, 5) is 32.2. The van der Waals surface area contributed by atoms with E-state index in [1.165, 1.54) is 0 Å². The number of amides is 1. The highest BCUT2D eigenvalue weighted by atomic mass is 16.6. The van der Waals surface area contributed by atoms with E-state index in [4.69, 9.17) is 24.5 Å². The fraction of sp³-hybridized carbons (Fsp3) is 0.321. The van der Waals surface area contributed by atoms with Gasteiger partial charge in [0, 0.05) is 32.5 Å². The minimum Gasteiger partial charge on any atom is -0.490 e. The minimum absolute atomic E-state index is 0.0169. The number of hydrogen-bond acceptors (Lipinski definition) is 8. The first-order valence-electron chi connectivity index (χ1n) is 12.7. The van der Waals surface area contributed by atoms with Crippen LogP contribution >= 0.6 is 0 Å². The van der Waals surface area contributed by atoms with E-state index in [0.717, 1.165) is 5.56 Å². The summed E-state index contributed by atoms with van der Waals surface area (Å²) < 4.78 is 20.9. The summed E-state index contributed by atoms with van der Waals surface area (Å²) in [6.07, 6.45) is 4.18. The van der Waals surface area contributed by atoms with Gasteiger partial charge in [0.25, 0.3) is 5.56 Å². The lowest BCUT2D eigenvalue weighted by Crippen LogP contribution is -2.44. The van der Waals surface area contributed by atoms with Crippen molar-refractivity contribution >= 4 is 17.0 Å². The number of fused-ring (bicyclic) bond motifs is 2. The maximum atomic E-state index is 13.8. The Labute approximate surface area is 223 Å².